The number of anilines is 1. The van der Waals surface area contributed by atoms with E-state index in [2.05, 4.69) is 20.4 Å². The molecular weight excluding hydrogens is 333 g/mol. The summed E-state index contributed by atoms with van der Waals surface area (Å²) in [6.07, 6.45) is 3.08. The number of para-hydroxylation sites is 1. The monoisotopic (exact) mass is 349 g/mol. The fraction of sp³-hybridized carbons (Fsp3) is 0.105. The zero-order chi connectivity index (χ0) is 17.9. The summed E-state index contributed by atoms with van der Waals surface area (Å²) in [5.74, 6) is 1.10. The number of nitrogens with one attached hydrogen (secondary N) is 1. The molecule has 0 aliphatic carbocycles. The van der Waals surface area contributed by atoms with Gasteiger partial charge in [0.25, 0.3) is 0 Å². The number of hydrogen-bond acceptors (Lipinski definition) is 5. The highest BCUT2D eigenvalue weighted by atomic mass is 19.1. The van der Waals surface area contributed by atoms with Gasteiger partial charge in [0.05, 0.1) is 18.7 Å². The van der Waals surface area contributed by atoms with Crippen LogP contribution in [0.4, 0.5) is 10.2 Å². The molecule has 0 bridgehead atoms. The zero-order valence-electron chi connectivity index (χ0n) is 14.1. The van der Waals surface area contributed by atoms with Crippen LogP contribution >= 0.6 is 0 Å². The molecule has 26 heavy (non-hydrogen) atoms. The quantitative estimate of drug-likeness (QED) is 0.597. The summed E-state index contributed by atoms with van der Waals surface area (Å²) >= 11 is 0. The second-order valence-electron chi connectivity index (χ2n) is 5.67. The summed E-state index contributed by atoms with van der Waals surface area (Å²) in [5.41, 5.74) is 1.98. The molecule has 2 heterocycles. The van der Waals surface area contributed by atoms with Crippen LogP contribution in [-0.2, 0) is 6.54 Å². The Morgan fingerprint density at radius 3 is 2.65 bits per heavy atom. The van der Waals surface area contributed by atoms with Crippen LogP contribution < -0.4 is 10.1 Å². The van der Waals surface area contributed by atoms with Crippen molar-refractivity contribution in [3.8, 4) is 11.4 Å². The lowest BCUT2D eigenvalue weighted by Gasteiger charge is -2.08. The molecule has 0 aliphatic rings. The standard InChI is InChI=1S/C19H16FN5O/c1-26-14-8-6-13(7-9-14)10-21-18-15-11-24-25(19(15)23-12-22-18)17-5-3-2-4-16(17)20/h2-9,11-12H,10H2,1H3,(H,21,22,23). The highest BCUT2D eigenvalue weighted by Gasteiger charge is 2.13. The maximum atomic E-state index is 14.1. The summed E-state index contributed by atoms with van der Waals surface area (Å²) in [7, 11) is 1.64. The number of methoxy groups -OCH3 is 1. The topological polar surface area (TPSA) is 64.9 Å². The van der Waals surface area contributed by atoms with Gasteiger partial charge in [-0.05, 0) is 29.8 Å². The molecule has 7 heteroatoms. The van der Waals surface area contributed by atoms with Gasteiger partial charge in [0.2, 0.25) is 0 Å². The van der Waals surface area contributed by atoms with Gasteiger partial charge in [-0.3, -0.25) is 0 Å². The summed E-state index contributed by atoms with van der Waals surface area (Å²) in [6.45, 7) is 0.584. The molecule has 0 radical (unpaired) electrons. The number of nitrogens with zero attached hydrogens (tertiary/aromatic N) is 4. The van der Waals surface area contributed by atoms with Crippen molar-refractivity contribution in [2.24, 2.45) is 0 Å². The lowest BCUT2D eigenvalue weighted by Crippen LogP contribution is -2.04. The zero-order valence-corrected chi connectivity index (χ0v) is 14.1. The maximum Gasteiger partial charge on any atom is 0.168 e. The Bertz CT molecular complexity index is 1050. The average Bonchev–Trinajstić information content (AvgIpc) is 3.12. The van der Waals surface area contributed by atoms with Crippen LogP contribution in [0.2, 0.25) is 0 Å². The van der Waals surface area contributed by atoms with Gasteiger partial charge in [-0.2, -0.15) is 5.10 Å². The SMILES string of the molecule is COc1ccc(CNc2ncnc3c2cnn3-c2ccccc2F)cc1. The maximum absolute atomic E-state index is 14.1. The smallest absolute Gasteiger partial charge is 0.168 e. The van der Waals surface area contributed by atoms with E-state index in [0.29, 0.717) is 23.7 Å². The molecule has 0 fully saturated rings. The van der Waals surface area contributed by atoms with Crippen molar-refractivity contribution in [1.29, 1.82) is 0 Å². The minimum absolute atomic E-state index is 0.349. The Kier molecular flexibility index (Phi) is 4.18. The minimum Gasteiger partial charge on any atom is -0.497 e. The van der Waals surface area contributed by atoms with E-state index in [9.17, 15) is 4.39 Å². The van der Waals surface area contributed by atoms with Crippen LogP contribution in [0.5, 0.6) is 5.75 Å². The van der Waals surface area contributed by atoms with Crippen molar-refractivity contribution in [3.63, 3.8) is 0 Å². The normalized spacial score (nSPS) is 10.8. The molecular formula is C19H16FN5O. The molecule has 4 aromatic rings. The number of halogens is 1. The molecule has 0 saturated carbocycles. The van der Waals surface area contributed by atoms with Gasteiger partial charge in [0, 0.05) is 6.54 Å². The number of aromatic nitrogens is 4. The molecule has 2 aromatic heterocycles. The molecule has 1 N–H and O–H groups in total. The second kappa shape index (κ2) is 6.79. The molecule has 0 unspecified atom stereocenters. The molecule has 2 aromatic carbocycles. The van der Waals surface area contributed by atoms with E-state index in [-0.39, 0.29) is 5.82 Å². The molecule has 0 saturated heterocycles. The Labute approximate surface area is 149 Å². The highest BCUT2D eigenvalue weighted by molar-refractivity contribution is 5.87. The second-order valence-corrected chi connectivity index (χ2v) is 5.67. The fourth-order valence-electron chi connectivity index (χ4n) is 2.71. The third-order valence-electron chi connectivity index (χ3n) is 4.07. The van der Waals surface area contributed by atoms with E-state index < -0.39 is 0 Å². The lowest BCUT2D eigenvalue weighted by atomic mass is 10.2. The Morgan fingerprint density at radius 1 is 1.08 bits per heavy atom. The number of fused-ring (bicyclic) bond motifs is 1. The van der Waals surface area contributed by atoms with Crippen molar-refractivity contribution in [1.82, 2.24) is 19.7 Å². The molecule has 0 aliphatic heterocycles. The van der Waals surface area contributed by atoms with Gasteiger partial charge in [0.15, 0.2) is 5.65 Å². The van der Waals surface area contributed by atoms with Gasteiger partial charge in [0.1, 0.15) is 29.4 Å². The predicted molar refractivity (Wildman–Crippen MR) is 96.9 cm³/mol. The number of hydrogen-bond donors (Lipinski definition) is 1. The van der Waals surface area contributed by atoms with E-state index in [0.717, 1.165) is 16.7 Å². The third-order valence-corrected chi connectivity index (χ3v) is 4.07. The van der Waals surface area contributed by atoms with Crippen LogP contribution in [0.1, 0.15) is 5.56 Å². The van der Waals surface area contributed by atoms with Crippen molar-refractivity contribution in [2.45, 2.75) is 6.54 Å². The lowest BCUT2D eigenvalue weighted by molar-refractivity contribution is 0.414. The number of ether oxygens (including phenoxy) is 1. The van der Waals surface area contributed by atoms with Crippen molar-refractivity contribution in [2.75, 3.05) is 12.4 Å². The van der Waals surface area contributed by atoms with Crippen LogP contribution in [0.15, 0.2) is 61.1 Å². The van der Waals surface area contributed by atoms with Crippen LogP contribution in [0.3, 0.4) is 0 Å². The summed E-state index contributed by atoms with van der Waals surface area (Å²) in [6, 6.07) is 14.2. The average molecular weight is 349 g/mol. The van der Waals surface area contributed by atoms with Gasteiger partial charge in [-0.15, -0.1) is 0 Å². The predicted octanol–water partition coefficient (Wildman–Crippen LogP) is 3.58. The van der Waals surface area contributed by atoms with Gasteiger partial charge in [-0.1, -0.05) is 24.3 Å². The first-order valence-electron chi connectivity index (χ1n) is 8.06. The largest absolute Gasteiger partial charge is 0.497 e. The summed E-state index contributed by atoms with van der Waals surface area (Å²) < 4.78 is 20.7. The molecule has 0 spiro atoms. The van der Waals surface area contributed by atoms with Crippen LogP contribution in [0, 0.1) is 5.82 Å². The van der Waals surface area contributed by atoms with Crippen LogP contribution in [-0.4, -0.2) is 26.9 Å². The fourth-order valence-corrected chi connectivity index (χ4v) is 2.71. The highest BCUT2D eigenvalue weighted by Crippen LogP contribution is 2.23. The molecule has 4 rings (SSSR count). The first-order valence-corrected chi connectivity index (χ1v) is 8.06. The molecule has 6 nitrogen and oxygen atoms in total. The van der Waals surface area contributed by atoms with E-state index in [1.165, 1.54) is 17.1 Å². The van der Waals surface area contributed by atoms with Gasteiger partial charge >= 0.3 is 0 Å². The van der Waals surface area contributed by atoms with Crippen LogP contribution in [0.25, 0.3) is 16.7 Å². The van der Waals surface area contributed by atoms with Crippen molar-refractivity contribution < 1.29 is 9.13 Å². The Balaban J connectivity index is 1.63. The summed E-state index contributed by atoms with van der Waals surface area (Å²) in [5, 5.41) is 8.29. The molecule has 0 atom stereocenters. The first-order chi connectivity index (χ1) is 12.8. The number of rotatable bonds is 5. The van der Waals surface area contributed by atoms with E-state index in [1.54, 1.807) is 31.5 Å². The number of benzene rings is 2. The van der Waals surface area contributed by atoms with E-state index in [1.807, 2.05) is 24.3 Å². The van der Waals surface area contributed by atoms with Crippen molar-refractivity contribution >= 4 is 16.9 Å². The summed E-state index contributed by atoms with van der Waals surface area (Å²) in [4.78, 5) is 8.55. The molecule has 0 amide bonds. The van der Waals surface area contributed by atoms with Crippen molar-refractivity contribution in [3.05, 3.63) is 72.4 Å². The Hall–Kier alpha value is -3.48. The first kappa shape index (κ1) is 16.0. The van der Waals surface area contributed by atoms with E-state index in [4.69, 9.17) is 4.74 Å². The minimum atomic E-state index is -0.358. The van der Waals surface area contributed by atoms with Gasteiger partial charge in [-0.25, -0.2) is 19.0 Å². The van der Waals surface area contributed by atoms with Gasteiger partial charge < -0.3 is 10.1 Å². The molecule has 130 valence electrons. The third kappa shape index (κ3) is 2.95. The Morgan fingerprint density at radius 2 is 1.88 bits per heavy atom. The van der Waals surface area contributed by atoms with E-state index >= 15 is 0 Å².